The Morgan fingerprint density at radius 3 is 2.16 bits per heavy atom. The minimum atomic E-state index is -4.97. The highest BCUT2D eigenvalue weighted by atomic mass is 19.4. The van der Waals surface area contributed by atoms with Crippen molar-refractivity contribution >= 4 is 29.1 Å². The number of carbonyl (C=O) groups excluding carboxylic acids is 1. The third kappa shape index (κ3) is 6.57. The number of anilines is 3. The van der Waals surface area contributed by atoms with Gasteiger partial charge in [-0.15, -0.1) is 0 Å². The number of likely N-dealkylation sites (N-methyl/N-ethyl adjacent to an activating group) is 1. The van der Waals surface area contributed by atoms with Crippen LogP contribution in [-0.2, 0) is 6.18 Å². The van der Waals surface area contributed by atoms with E-state index in [1.807, 2.05) is 23.8 Å². The molecule has 0 unspecified atom stereocenters. The van der Waals surface area contributed by atoms with Crippen molar-refractivity contribution in [3.8, 4) is 11.1 Å². The Morgan fingerprint density at radius 2 is 1.55 bits per heavy atom. The second kappa shape index (κ2) is 12.3. The van der Waals surface area contributed by atoms with Gasteiger partial charge in [0.2, 0.25) is 0 Å². The maximum absolute atomic E-state index is 15.7. The second-order valence-electron chi connectivity index (χ2n) is 11.1. The Kier molecular flexibility index (Phi) is 8.69. The van der Waals surface area contributed by atoms with Crippen LogP contribution in [0, 0.1) is 11.6 Å². The fraction of sp³-hybridized carbons (Fsp3) is 0.355. The van der Waals surface area contributed by atoms with Gasteiger partial charge in [-0.25, -0.2) is 13.6 Å². The van der Waals surface area contributed by atoms with Crippen LogP contribution in [0.3, 0.4) is 0 Å². The van der Waals surface area contributed by atoms with Crippen molar-refractivity contribution in [1.82, 2.24) is 9.80 Å². The lowest BCUT2D eigenvalue weighted by molar-refractivity contribution is -0.138. The molecule has 2 amide bonds. The molecule has 2 heterocycles. The van der Waals surface area contributed by atoms with E-state index in [1.165, 1.54) is 17.0 Å². The number of benzene rings is 3. The number of carboxylic acid groups (broad SMARTS) is 1. The molecule has 0 aliphatic carbocycles. The molecule has 0 radical (unpaired) electrons. The molecule has 2 N–H and O–H groups in total. The van der Waals surface area contributed by atoms with E-state index >= 15 is 4.39 Å². The molecule has 44 heavy (non-hydrogen) atoms. The Balaban J connectivity index is 1.48. The van der Waals surface area contributed by atoms with E-state index in [1.54, 1.807) is 24.3 Å². The van der Waals surface area contributed by atoms with E-state index < -0.39 is 40.9 Å². The van der Waals surface area contributed by atoms with Gasteiger partial charge in [-0.3, -0.25) is 4.79 Å². The zero-order valence-corrected chi connectivity index (χ0v) is 24.2. The Bertz CT molecular complexity index is 1540. The summed E-state index contributed by atoms with van der Waals surface area (Å²) < 4.78 is 70.5. The first kappa shape index (κ1) is 31.0. The summed E-state index contributed by atoms with van der Waals surface area (Å²) >= 11 is 0. The van der Waals surface area contributed by atoms with E-state index in [0.29, 0.717) is 57.1 Å². The largest absolute Gasteiger partial charge is 0.465 e. The van der Waals surface area contributed by atoms with Crippen molar-refractivity contribution in [2.24, 2.45) is 0 Å². The van der Waals surface area contributed by atoms with E-state index in [-0.39, 0.29) is 23.4 Å². The number of halogens is 5. The number of alkyl halides is 3. The standard InChI is InChI=1S/C31H32F5N5O3/c1-19-18-41(10-9-38(19)2)28-17-26(33)24(20-3-6-22(7-4-20)39-11-13-40(14-12-39)30(43)44)16-27(28)37-29(42)23-8-5-21(32)15-25(23)31(34,35)36/h3-8,15-17,19H,9-14,18H2,1-2H3,(H,37,42)(H,43,44)/t19-/m0/s1. The van der Waals surface area contributed by atoms with Crippen LogP contribution < -0.4 is 15.1 Å². The van der Waals surface area contributed by atoms with Gasteiger partial charge in [-0.1, -0.05) is 12.1 Å². The van der Waals surface area contributed by atoms with E-state index in [4.69, 9.17) is 0 Å². The summed E-state index contributed by atoms with van der Waals surface area (Å²) in [6, 6.07) is 11.6. The predicted molar refractivity (Wildman–Crippen MR) is 157 cm³/mol. The molecule has 2 fully saturated rings. The summed E-state index contributed by atoms with van der Waals surface area (Å²) in [6.45, 7) is 5.33. The number of nitrogens with one attached hydrogen (secondary N) is 1. The van der Waals surface area contributed by atoms with Crippen LogP contribution in [0.15, 0.2) is 54.6 Å². The van der Waals surface area contributed by atoms with Crippen molar-refractivity contribution in [1.29, 1.82) is 0 Å². The molecule has 2 saturated heterocycles. The summed E-state index contributed by atoms with van der Waals surface area (Å²) in [6.07, 6.45) is -5.94. The van der Waals surface area contributed by atoms with Crippen LogP contribution in [0.25, 0.3) is 11.1 Å². The van der Waals surface area contributed by atoms with Crippen molar-refractivity contribution in [3.63, 3.8) is 0 Å². The summed E-state index contributed by atoms with van der Waals surface area (Å²) in [5.41, 5.74) is -0.295. The molecular formula is C31H32F5N5O3. The van der Waals surface area contributed by atoms with Crippen molar-refractivity contribution in [2.75, 3.05) is 68.0 Å². The topological polar surface area (TPSA) is 79.4 Å². The Labute approximate surface area is 251 Å². The molecule has 0 saturated carbocycles. The number of rotatable bonds is 5. The number of nitrogens with zero attached hydrogens (tertiary/aromatic N) is 4. The van der Waals surface area contributed by atoms with E-state index in [9.17, 15) is 32.3 Å². The zero-order valence-electron chi connectivity index (χ0n) is 24.2. The highest BCUT2D eigenvalue weighted by Gasteiger charge is 2.36. The van der Waals surface area contributed by atoms with Gasteiger partial charge < -0.3 is 30.0 Å². The zero-order chi connectivity index (χ0) is 31.8. The number of amides is 2. The van der Waals surface area contributed by atoms with E-state index in [0.717, 1.165) is 17.8 Å². The monoisotopic (exact) mass is 617 g/mol. The molecule has 0 spiro atoms. The average Bonchev–Trinajstić information content (AvgIpc) is 2.99. The summed E-state index contributed by atoms with van der Waals surface area (Å²) in [5.74, 6) is -2.81. The van der Waals surface area contributed by atoms with Crippen LogP contribution >= 0.6 is 0 Å². The second-order valence-corrected chi connectivity index (χ2v) is 11.1. The smallest absolute Gasteiger partial charge is 0.417 e. The molecule has 3 aromatic rings. The average molecular weight is 618 g/mol. The van der Waals surface area contributed by atoms with Crippen LogP contribution in [0.5, 0.6) is 0 Å². The van der Waals surface area contributed by atoms with Gasteiger partial charge in [0.1, 0.15) is 11.6 Å². The van der Waals surface area contributed by atoms with Crippen LogP contribution in [0.4, 0.5) is 43.8 Å². The fourth-order valence-corrected chi connectivity index (χ4v) is 5.56. The molecule has 234 valence electrons. The van der Waals surface area contributed by atoms with Crippen LogP contribution in [0.2, 0.25) is 0 Å². The number of carbonyl (C=O) groups is 2. The summed E-state index contributed by atoms with van der Waals surface area (Å²) in [5, 5.41) is 11.7. The molecule has 8 nitrogen and oxygen atoms in total. The van der Waals surface area contributed by atoms with E-state index in [2.05, 4.69) is 10.2 Å². The minimum Gasteiger partial charge on any atom is -0.465 e. The van der Waals surface area contributed by atoms with Gasteiger partial charge in [0.05, 0.1) is 22.5 Å². The van der Waals surface area contributed by atoms with Crippen molar-refractivity contribution < 1.29 is 36.6 Å². The Hall–Kier alpha value is -4.39. The first-order valence-corrected chi connectivity index (χ1v) is 14.1. The van der Waals surface area contributed by atoms with Gasteiger partial charge in [0.15, 0.2) is 0 Å². The molecule has 1 atom stereocenters. The molecule has 3 aromatic carbocycles. The highest BCUT2D eigenvalue weighted by Crippen LogP contribution is 2.38. The summed E-state index contributed by atoms with van der Waals surface area (Å²) in [4.78, 5) is 31.8. The SMILES string of the molecule is C[C@H]1CN(c2cc(F)c(-c3ccc(N4CCN(C(=O)O)CC4)cc3)cc2NC(=O)c2ccc(F)cc2C(F)(F)F)CCN1C. The van der Waals surface area contributed by atoms with Gasteiger partial charge in [-0.2, -0.15) is 13.2 Å². The number of piperazine rings is 2. The lowest BCUT2D eigenvalue weighted by Gasteiger charge is -2.39. The molecule has 2 aliphatic heterocycles. The van der Waals surface area contributed by atoms with Gasteiger partial charge in [0, 0.05) is 63.1 Å². The fourth-order valence-electron chi connectivity index (χ4n) is 5.56. The molecule has 13 heteroatoms. The normalized spacial score (nSPS) is 18.0. The maximum atomic E-state index is 15.7. The van der Waals surface area contributed by atoms with Crippen molar-refractivity contribution in [2.45, 2.75) is 19.1 Å². The first-order chi connectivity index (χ1) is 20.8. The van der Waals surface area contributed by atoms with Crippen LogP contribution in [-0.4, -0.2) is 85.8 Å². The lowest BCUT2D eigenvalue weighted by atomic mass is 10.0. The summed E-state index contributed by atoms with van der Waals surface area (Å²) in [7, 11) is 1.96. The first-order valence-electron chi connectivity index (χ1n) is 14.1. The van der Waals surface area contributed by atoms with Gasteiger partial charge >= 0.3 is 12.3 Å². The van der Waals surface area contributed by atoms with Crippen LogP contribution in [0.1, 0.15) is 22.8 Å². The molecule has 2 aliphatic rings. The van der Waals surface area contributed by atoms with Gasteiger partial charge in [-0.05, 0) is 62.0 Å². The predicted octanol–water partition coefficient (Wildman–Crippen LogP) is 5.84. The lowest BCUT2D eigenvalue weighted by Crippen LogP contribution is -2.50. The molecule has 0 bridgehead atoms. The molecular weight excluding hydrogens is 585 g/mol. The Morgan fingerprint density at radius 1 is 0.886 bits per heavy atom. The minimum absolute atomic E-state index is 0.0916. The third-order valence-electron chi connectivity index (χ3n) is 8.26. The number of hydrogen-bond donors (Lipinski definition) is 2. The highest BCUT2D eigenvalue weighted by molar-refractivity contribution is 6.07. The maximum Gasteiger partial charge on any atom is 0.417 e. The molecule has 0 aromatic heterocycles. The quantitative estimate of drug-likeness (QED) is 0.350. The van der Waals surface area contributed by atoms with Gasteiger partial charge in [0.25, 0.3) is 5.91 Å². The molecule has 5 rings (SSSR count). The van der Waals surface area contributed by atoms with Crippen molar-refractivity contribution in [3.05, 3.63) is 77.4 Å². The number of hydrogen-bond acceptors (Lipinski definition) is 5. The third-order valence-corrected chi connectivity index (χ3v) is 8.26.